The highest BCUT2D eigenvalue weighted by Gasteiger charge is 2.15. The number of methoxy groups -OCH3 is 1. The molecule has 3 heterocycles. The Morgan fingerprint density at radius 3 is 2.87 bits per heavy atom. The van der Waals surface area contributed by atoms with E-state index in [-0.39, 0.29) is 5.91 Å². The maximum atomic E-state index is 11.6. The number of aryl methyl sites for hydroxylation is 2. The second-order valence-electron chi connectivity index (χ2n) is 6.82. The Morgan fingerprint density at radius 2 is 2.13 bits per heavy atom. The number of nitrogens with one attached hydrogen (secondary N) is 2. The number of carbonyl (C=O) groups excluding carboxylic acids is 1. The Hall–Kier alpha value is -3.85. The number of benzene rings is 1. The summed E-state index contributed by atoms with van der Waals surface area (Å²) in [5.74, 6) is 1.03. The minimum atomic E-state index is -0.267. The van der Waals surface area contributed by atoms with Gasteiger partial charge in [0.2, 0.25) is 11.9 Å². The van der Waals surface area contributed by atoms with Gasteiger partial charge < -0.3 is 15.4 Å². The maximum absolute atomic E-state index is 11.6. The number of hydrogen-bond acceptors (Lipinski definition) is 6. The quantitative estimate of drug-likeness (QED) is 0.442. The third-order valence-electron chi connectivity index (χ3n) is 4.65. The molecule has 0 unspecified atom stereocenters. The molecule has 4 aromatic rings. The number of carbonyl (C=O) groups is 1. The second-order valence-corrected chi connectivity index (χ2v) is 7.23. The van der Waals surface area contributed by atoms with Crippen LogP contribution in [0.5, 0.6) is 5.88 Å². The van der Waals surface area contributed by atoms with E-state index in [1.807, 2.05) is 35.9 Å². The zero-order valence-electron chi connectivity index (χ0n) is 17.2. The van der Waals surface area contributed by atoms with Crippen LogP contribution in [0.1, 0.15) is 5.56 Å². The fourth-order valence-corrected chi connectivity index (χ4v) is 3.44. The van der Waals surface area contributed by atoms with Crippen molar-refractivity contribution < 1.29 is 9.53 Å². The fraction of sp³-hybridized carbons (Fsp3) is 0.143. The van der Waals surface area contributed by atoms with E-state index in [0.29, 0.717) is 34.0 Å². The Bertz CT molecular complexity index is 1310. The minimum absolute atomic E-state index is 0.267. The lowest BCUT2D eigenvalue weighted by molar-refractivity contribution is -0.111. The van der Waals surface area contributed by atoms with Crippen molar-refractivity contribution in [1.82, 2.24) is 24.3 Å². The summed E-state index contributed by atoms with van der Waals surface area (Å²) in [7, 11) is 3.34. The lowest BCUT2D eigenvalue weighted by Crippen LogP contribution is -2.07. The van der Waals surface area contributed by atoms with Gasteiger partial charge in [0, 0.05) is 24.3 Å². The van der Waals surface area contributed by atoms with Crippen LogP contribution in [-0.4, -0.2) is 37.3 Å². The van der Waals surface area contributed by atoms with Gasteiger partial charge in [-0.3, -0.25) is 14.0 Å². The first-order chi connectivity index (χ1) is 14.9. The molecule has 9 nitrogen and oxygen atoms in total. The number of ether oxygens (including phenoxy) is 1. The normalized spacial score (nSPS) is 10.8. The van der Waals surface area contributed by atoms with Gasteiger partial charge in [0.25, 0.3) is 5.88 Å². The van der Waals surface area contributed by atoms with Crippen molar-refractivity contribution in [2.75, 3.05) is 17.7 Å². The van der Waals surface area contributed by atoms with Gasteiger partial charge in [0.05, 0.1) is 25.0 Å². The van der Waals surface area contributed by atoms with Gasteiger partial charge in [-0.15, -0.1) is 5.10 Å². The van der Waals surface area contributed by atoms with Crippen LogP contribution in [0, 0.1) is 6.92 Å². The van der Waals surface area contributed by atoms with E-state index in [0.717, 1.165) is 16.5 Å². The molecule has 0 bridgehead atoms. The summed E-state index contributed by atoms with van der Waals surface area (Å²) >= 11 is 6.44. The molecule has 0 aliphatic carbocycles. The number of amides is 1. The highest BCUT2D eigenvalue weighted by atomic mass is 35.5. The predicted molar refractivity (Wildman–Crippen MR) is 120 cm³/mol. The van der Waals surface area contributed by atoms with Crippen molar-refractivity contribution in [2.24, 2.45) is 7.05 Å². The lowest BCUT2D eigenvalue weighted by Gasteiger charge is -2.10. The molecule has 0 atom stereocenters. The van der Waals surface area contributed by atoms with Crippen LogP contribution in [0.3, 0.4) is 0 Å². The number of nitrogens with zero attached hydrogens (tertiary/aromatic N) is 5. The van der Waals surface area contributed by atoms with Gasteiger partial charge in [-0.2, -0.15) is 4.98 Å². The summed E-state index contributed by atoms with van der Waals surface area (Å²) in [5.41, 5.74) is 3.20. The van der Waals surface area contributed by atoms with E-state index < -0.39 is 0 Å². The molecular formula is C21H20ClN7O2. The van der Waals surface area contributed by atoms with Crippen LogP contribution in [0.25, 0.3) is 16.7 Å². The predicted octanol–water partition coefficient (Wildman–Crippen LogP) is 3.99. The summed E-state index contributed by atoms with van der Waals surface area (Å²) in [6.07, 6.45) is 6.47. The Labute approximate surface area is 183 Å². The van der Waals surface area contributed by atoms with Crippen LogP contribution in [0.2, 0.25) is 5.02 Å². The number of aromatic nitrogens is 5. The molecule has 0 saturated heterocycles. The standard InChI is InChI=1S/C21H20ClN7O2/c1-5-18(30)24-13-6-7-17-14(8-13)12(2)10-29(17)19-15(22)9-23-21(26-19)25-16-11-28(3)27-20(16)31-4/h5-11H,1H2,2-4H3,(H,24,30)(H,23,25,26). The average Bonchev–Trinajstić information content (AvgIpc) is 3.28. The third kappa shape index (κ3) is 3.95. The Balaban J connectivity index is 1.74. The molecule has 0 fully saturated rings. The highest BCUT2D eigenvalue weighted by Crippen LogP contribution is 2.30. The summed E-state index contributed by atoms with van der Waals surface area (Å²) in [6, 6.07) is 5.61. The van der Waals surface area contributed by atoms with Crippen molar-refractivity contribution in [3.63, 3.8) is 0 Å². The highest BCUT2D eigenvalue weighted by molar-refractivity contribution is 6.32. The molecule has 0 aliphatic heterocycles. The number of fused-ring (bicyclic) bond motifs is 1. The van der Waals surface area contributed by atoms with Crippen molar-refractivity contribution in [2.45, 2.75) is 6.92 Å². The van der Waals surface area contributed by atoms with E-state index in [1.165, 1.54) is 12.3 Å². The first kappa shape index (κ1) is 20.4. The molecule has 10 heteroatoms. The van der Waals surface area contributed by atoms with Gasteiger partial charge in [0.15, 0.2) is 5.82 Å². The van der Waals surface area contributed by atoms with E-state index in [2.05, 4.69) is 32.3 Å². The molecule has 3 aromatic heterocycles. The van der Waals surface area contributed by atoms with Gasteiger partial charge >= 0.3 is 0 Å². The van der Waals surface area contributed by atoms with Crippen molar-refractivity contribution >= 4 is 45.7 Å². The van der Waals surface area contributed by atoms with Crippen molar-refractivity contribution in [3.05, 3.63) is 60.0 Å². The number of hydrogen-bond donors (Lipinski definition) is 2. The van der Waals surface area contributed by atoms with E-state index >= 15 is 0 Å². The molecule has 0 spiro atoms. The average molecular weight is 438 g/mol. The van der Waals surface area contributed by atoms with Crippen LogP contribution in [0.4, 0.5) is 17.3 Å². The van der Waals surface area contributed by atoms with Gasteiger partial charge in [-0.05, 0) is 36.8 Å². The fourth-order valence-electron chi connectivity index (χ4n) is 3.25. The van der Waals surface area contributed by atoms with Gasteiger partial charge in [-0.1, -0.05) is 18.2 Å². The topological polar surface area (TPSA) is 98.9 Å². The number of rotatable bonds is 6. The second kappa shape index (κ2) is 8.11. The van der Waals surface area contributed by atoms with Crippen molar-refractivity contribution in [1.29, 1.82) is 0 Å². The first-order valence-electron chi connectivity index (χ1n) is 9.32. The van der Waals surface area contributed by atoms with E-state index in [1.54, 1.807) is 25.0 Å². The molecule has 0 aliphatic rings. The molecular weight excluding hydrogens is 418 g/mol. The lowest BCUT2D eigenvalue weighted by atomic mass is 10.2. The summed E-state index contributed by atoms with van der Waals surface area (Å²) in [6.45, 7) is 5.46. The minimum Gasteiger partial charge on any atom is -0.478 e. The Morgan fingerprint density at radius 1 is 1.32 bits per heavy atom. The van der Waals surface area contributed by atoms with Crippen LogP contribution in [0.15, 0.2) is 49.4 Å². The van der Waals surface area contributed by atoms with Crippen LogP contribution >= 0.6 is 11.6 Å². The smallest absolute Gasteiger partial charge is 0.256 e. The van der Waals surface area contributed by atoms with E-state index in [9.17, 15) is 4.79 Å². The van der Waals surface area contributed by atoms with Crippen LogP contribution < -0.4 is 15.4 Å². The molecule has 2 N–H and O–H groups in total. The van der Waals surface area contributed by atoms with E-state index in [4.69, 9.17) is 16.3 Å². The molecule has 4 rings (SSSR count). The largest absolute Gasteiger partial charge is 0.478 e. The molecule has 31 heavy (non-hydrogen) atoms. The monoisotopic (exact) mass is 437 g/mol. The zero-order valence-corrected chi connectivity index (χ0v) is 17.9. The maximum Gasteiger partial charge on any atom is 0.256 e. The molecule has 158 valence electrons. The van der Waals surface area contributed by atoms with Gasteiger partial charge in [-0.25, -0.2) is 4.98 Å². The summed E-state index contributed by atoms with van der Waals surface area (Å²) < 4.78 is 8.78. The van der Waals surface area contributed by atoms with Crippen molar-refractivity contribution in [3.8, 4) is 11.7 Å². The number of anilines is 3. The zero-order chi connectivity index (χ0) is 22.1. The first-order valence-corrected chi connectivity index (χ1v) is 9.70. The Kier molecular flexibility index (Phi) is 5.35. The van der Waals surface area contributed by atoms with Gasteiger partial charge in [0.1, 0.15) is 10.7 Å². The number of halogens is 1. The van der Waals surface area contributed by atoms with Crippen LogP contribution in [-0.2, 0) is 11.8 Å². The third-order valence-corrected chi connectivity index (χ3v) is 4.91. The SMILES string of the molecule is C=CC(=O)Nc1ccc2c(c1)c(C)cn2-c1nc(Nc2cn(C)nc2OC)ncc1Cl. The molecule has 0 radical (unpaired) electrons. The molecule has 0 saturated carbocycles. The summed E-state index contributed by atoms with van der Waals surface area (Å²) in [5, 5.41) is 11.5. The molecule has 1 aromatic carbocycles. The summed E-state index contributed by atoms with van der Waals surface area (Å²) in [4.78, 5) is 20.5. The molecule has 1 amide bonds.